The average molecular weight is 393 g/mol. The van der Waals surface area contributed by atoms with Gasteiger partial charge in [0, 0.05) is 11.4 Å². The predicted molar refractivity (Wildman–Crippen MR) is 114 cm³/mol. The van der Waals surface area contributed by atoms with Gasteiger partial charge >= 0.3 is 0 Å². The fourth-order valence-electron chi connectivity index (χ4n) is 3.79. The lowest BCUT2D eigenvalue weighted by Crippen LogP contribution is -2.40. The molecule has 1 aliphatic heterocycles. The largest absolute Gasteiger partial charge is 0.492 e. The zero-order chi connectivity index (χ0) is 19.3. The first-order valence-corrected chi connectivity index (χ1v) is 10.5. The van der Waals surface area contributed by atoms with E-state index in [0.717, 1.165) is 18.7 Å². The summed E-state index contributed by atoms with van der Waals surface area (Å²) in [6.45, 7) is 3.72. The van der Waals surface area contributed by atoms with Crippen molar-refractivity contribution in [1.29, 1.82) is 0 Å². The number of nitrogens with one attached hydrogen (secondary N) is 1. The standard InChI is InChI=1S/C23H24N2O2S/c1-2-27-20-11-7-6-10-19(20)24-22(26)16-25-14-12-21-18(13-15-28-21)23(25)17-8-4-3-5-9-17/h3-11,13,15,23H,2,12,14,16H2,1H3,(H,24,26)/t23-/m1/s1. The molecule has 2 heterocycles. The Bertz CT molecular complexity index is 939. The highest BCUT2D eigenvalue weighted by molar-refractivity contribution is 7.10. The van der Waals surface area contributed by atoms with Crippen LogP contribution in [0.5, 0.6) is 5.75 Å². The molecule has 0 bridgehead atoms. The van der Waals surface area contributed by atoms with Gasteiger partial charge in [-0.05, 0) is 48.1 Å². The van der Waals surface area contributed by atoms with Crippen molar-refractivity contribution in [3.05, 3.63) is 82.0 Å². The molecular formula is C23H24N2O2S. The molecule has 5 heteroatoms. The molecule has 1 amide bonds. The van der Waals surface area contributed by atoms with Gasteiger partial charge in [0.05, 0.1) is 24.9 Å². The van der Waals surface area contributed by atoms with Gasteiger partial charge < -0.3 is 10.1 Å². The minimum Gasteiger partial charge on any atom is -0.492 e. The molecule has 0 radical (unpaired) electrons. The third kappa shape index (κ3) is 3.96. The summed E-state index contributed by atoms with van der Waals surface area (Å²) in [4.78, 5) is 16.5. The van der Waals surface area contributed by atoms with Crippen molar-refractivity contribution in [3.63, 3.8) is 0 Å². The number of hydrogen-bond donors (Lipinski definition) is 1. The molecule has 0 fully saturated rings. The molecule has 1 atom stereocenters. The molecule has 144 valence electrons. The summed E-state index contributed by atoms with van der Waals surface area (Å²) in [5, 5.41) is 5.18. The van der Waals surface area contributed by atoms with Crippen molar-refractivity contribution >= 4 is 22.9 Å². The van der Waals surface area contributed by atoms with Crippen molar-refractivity contribution < 1.29 is 9.53 Å². The van der Waals surface area contributed by atoms with Crippen LogP contribution in [-0.4, -0.2) is 30.5 Å². The summed E-state index contributed by atoms with van der Waals surface area (Å²) in [7, 11) is 0. The van der Waals surface area contributed by atoms with Gasteiger partial charge in [-0.1, -0.05) is 42.5 Å². The van der Waals surface area contributed by atoms with Gasteiger partial charge in [0.15, 0.2) is 0 Å². The van der Waals surface area contributed by atoms with Crippen LogP contribution in [0.4, 0.5) is 5.69 Å². The van der Waals surface area contributed by atoms with E-state index >= 15 is 0 Å². The number of hydrogen-bond acceptors (Lipinski definition) is 4. The Morgan fingerprint density at radius 1 is 1.14 bits per heavy atom. The Balaban J connectivity index is 1.54. The maximum atomic E-state index is 12.9. The molecule has 3 aromatic rings. The molecule has 4 rings (SSSR count). The smallest absolute Gasteiger partial charge is 0.238 e. The molecule has 1 aromatic heterocycles. The van der Waals surface area contributed by atoms with Crippen LogP contribution in [0.2, 0.25) is 0 Å². The topological polar surface area (TPSA) is 41.6 Å². The third-order valence-electron chi connectivity index (χ3n) is 4.99. The van der Waals surface area contributed by atoms with Gasteiger partial charge in [-0.3, -0.25) is 9.69 Å². The van der Waals surface area contributed by atoms with E-state index in [9.17, 15) is 4.79 Å². The Labute approximate surface area is 169 Å². The third-order valence-corrected chi connectivity index (χ3v) is 5.99. The summed E-state index contributed by atoms with van der Waals surface area (Å²) in [5.41, 5.74) is 3.27. The summed E-state index contributed by atoms with van der Waals surface area (Å²) < 4.78 is 5.63. The van der Waals surface area contributed by atoms with Gasteiger partial charge in [0.1, 0.15) is 5.75 Å². The number of benzene rings is 2. The molecule has 1 N–H and O–H groups in total. The van der Waals surface area contributed by atoms with Gasteiger partial charge in [-0.25, -0.2) is 0 Å². The molecular weight excluding hydrogens is 368 g/mol. The maximum Gasteiger partial charge on any atom is 0.238 e. The molecule has 0 saturated carbocycles. The minimum atomic E-state index is -0.0215. The van der Waals surface area contributed by atoms with Crippen LogP contribution in [0.15, 0.2) is 66.0 Å². The molecule has 28 heavy (non-hydrogen) atoms. The highest BCUT2D eigenvalue weighted by atomic mass is 32.1. The van der Waals surface area contributed by atoms with Crippen molar-refractivity contribution in [2.24, 2.45) is 0 Å². The number of amides is 1. The van der Waals surface area contributed by atoms with Crippen molar-refractivity contribution in [2.75, 3.05) is 25.0 Å². The number of carbonyl (C=O) groups is 1. The summed E-state index contributed by atoms with van der Waals surface area (Å²) >= 11 is 1.81. The number of ether oxygens (including phenoxy) is 1. The molecule has 0 spiro atoms. The predicted octanol–water partition coefficient (Wildman–Crippen LogP) is 4.73. The van der Waals surface area contributed by atoms with E-state index in [2.05, 4.69) is 45.9 Å². The molecule has 2 aromatic carbocycles. The van der Waals surface area contributed by atoms with Gasteiger partial charge in [0.25, 0.3) is 0 Å². The summed E-state index contributed by atoms with van der Waals surface area (Å²) in [5.74, 6) is 0.684. The molecule has 1 aliphatic rings. The van der Waals surface area contributed by atoms with Crippen LogP contribution in [0.25, 0.3) is 0 Å². The second-order valence-electron chi connectivity index (χ2n) is 6.81. The lowest BCUT2D eigenvalue weighted by molar-refractivity contribution is -0.117. The van der Waals surface area contributed by atoms with Crippen LogP contribution in [-0.2, 0) is 11.2 Å². The van der Waals surface area contributed by atoms with Crippen LogP contribution < -0.4 is 10.1 Å². The van der Waals surface area contributed by atoms with Crippen molar-refractivity contribution in [1.82, 2.24) is 4.90 Å². The number of thiophene rings is 1. The Hall–Kier alpha value is -2.63. The first-order valence-electron chi connectivity index (χ1n) is 9.63. The second kappa shape index (κ2) is 8.59. The van der Waals surface area contributed by atoms with E-state index in [-0.39, 0.29) is 11.9 Å². The monoisotopic (exact) mass is 392 g/mol. The van der Waals surface area contributed by atoms with E-state index in [1.54, 1.807) is 0 Å². The van der Waals surface area contributed by atoms with E-state index < -0.39 is 0 Å². The lowest BCUT2D eigenvalue weighted by atomic mass is 9.93. The first-order chi connectivity index (χ1) is 13.8. The van der Waals surface area contributed by atoms with Crippen LogP contribution in [0.3, 0.4) is 0 Å². The fraction of sp³-hybridized carbons (Fsp3) is 0.261. The van der Waals surface area contributed by atoms with Crippen LogP contribution in [0.1, 0.15) is 29.0 Å². The van der Waals surface area contributed by atoms with Gasteiger partial charge in [-0.15, -0.1) is 11.3 Å². The quantitative estimate of drug-likeness (QED) is 0.659. The molecule has 0 aliphatic carbocycles. The minimum absolute atomic E-state index is 0.0215. The zero-order valence-corrected chi connectivity index (χ0v) is 16.7. The first kappa shape index (κ1) is 18.7. The van der Waals surface area contributed by atoms with E-state index in [4.69, 9.17) is 4.74 Å². The number of fused-ring (bicyclic) bond motifs is 1. The SMILES string of the molecule is CCOc1ccccc1NC(=O)CN1CCc2sccc2[C@H]1c1ccccc1. The van der Waals surface area contributed by atoms with Crippen LogP contribution in [0, 0.1) is 0 Å². The number of anilines is 1. The Morgan fingerprint density at radius 3 is 2.75 bits per heavy atom. The number of rotatable bonds is 6. The van der Waals surface area contributed by atoms with Gasteiger partial charge in [0.2, 0.25) is 5.91 Å². The number of nitrogens with zero attached hydrogens (tertiary/aromatic N) is 1. The number of para-hydroxylation sites is 2. The van der Waals surface area contributed by atoms with E-state index in [1.807, 2.05) is 48.6 Å². The highest BCUT2D eigenvalue weighted by Crippen LogP contribution is 2.37. The number of carbonyl (C=O) groups excluding carboxylic acids is 1. The zero-order valence-electron chi connectivity index (χ0n) is 15.9. The Kier molecular flexibility index (Phi) is 5.74. The average Bonchev–Trinajstić information content (AvgIpc) is 3.19. The summed E-state index contributed by atoms with van der Waals surface area (Å²) in [6.07, 6.45) is 0.985. The molecule has 4 nitrogen and oxygen atoms in total. The van der Waals surface area contributed by atoms with Crippen molar-refractivity contribution in [3.8, 4) is 5.75 Å². The Morgan fingerprint density at radius 2 is 1.93 bits per heavy atom. The molecule has 0 saturated heterocycles. The van der Waals surface area contributed by atoms with Gasteiger partial charge in [-0.2, -0.15) is 0 Å². The molecule has 0 unspecified atom stereocenters. The fourth-order valence-corrected chi connectivity index (χ4v) is 4.69. The summed E-state index contributed by atoms with van der Waals surface area (Å²) in [6, 6.07) is 20.3. The van der Waals surface area contributed by atoms with E-state index in [1.165, 1.54) is 16.0 Å². The highest BCUT2D eigenvalue weighted by Gasteiger charge is 2.30. The normalized spacial score (nSPS) is 16.4. The maximum absolute atomic E-state index is 12.9. The van der Waals surface area contributed by atoms with Crippen molar-refractivity contribution in [2.45, 2.75) is 19.4 Å². The van der Waals surface area contributed by atoms with E-state index in [0.29, 0.717) is 18.9 Å². The second-order valence-corrected chi connectivity index (χ2v) is 7.81. The van der Waals surface area contributed by atoms with Crippen LogP contribution >= 0.6 is 11.3 Å². The lowest BCUT2D eigenvalue weighted by Gasteiger charge is -2.35.